The lowest BCUT2D eigenvalue weighted by molar-refractivity contribution is -0.122. The van der Waals surface area contributed by atoms with E-state index in [1.165, 1.54) is 19.3 Å². The molecule has 3 nitrogen and oxygen atoms in total. The van der Waals surface area contributed by atoms with E-state index in [1.54, 1.807) is 0 Å². The van der Waals surface area contributed by atoms with Crippen LogP contribution < -0.4 is 0 Å². The zero-order valence-corrected chi connectivity index (χ0v) is 7.29. The molecule has 0 saturated heterocycles. The van der Waals surface area contributed by atoms with Gasteiger partial charge in [-0.2, -0.15) is 0 Å². The van der Waals surface area contributed by atoms with Gasteiger partial charge in [0.05, 0.1) is 6.10 Å². The van der Waals surface area contributed by atoms with Crippen molar-refractivity contribution in [2.75, 3.05) is 0 Å². The van der Waals surface area contributed by atoms with Crippen LogP contribution in [0.4, 0.5) is 0 Å². The summed E-state index contributed by atoms with van der Waals surface area (Å²) in [6.07, 6.45) is 4.54. The Kier molecular flexibility index (Phi) is 14.4. The average molecular weight is 162 g/mol. The van der Waals surface area contributed by atoms with Crippen LogP contribution in [-0.2, 0) is 4.79 Å². The predicted octanol–water partition coefficient (Wildman–Crippen LogP) is 1.65. The first-order valence-corrected chi connectivity index (χ1v) is 3.94. The topological polar surface area (TPSA) is 57.5 Å². The molecular formula is C8H18O3. The van der Waals surface area contributed by atoms with Crippen LogP contribution in [0.2, 0.25) is 0 Å². The molecule has 0 heterocycles. The monoisotopic (exact) mass is 162 g/mol. The van der Waals surface area contributed by atoms with Crippen LogP contribution in [0.15, 0.2) is 0 Å². The van der Waals surface area contributed by atoms with E-state index in [-0.39, 0.29) is 12.6 Å². The summed E-state index contributed by atoms with van der Waals surface area (Å²) < 4.78 is 0. The van der Waals surface area contributed by atoms with Gasteiger partial charge < -0.3 is 10.2 Å². The number of hydrogen-bond acceptors (Lipinski definition) is 2. The summed E-state index contributed by atoms with van der Waals surface area (Å²) in [6, 6.07) is 0. The third kappa shape index (κ3) is 26.5. The van der Waals surface area contributed by atoms with Gasteiger partial charge >= 0.3 is 0 Å². The highest BCUT2D eigenvalue weighted by molar-refractivity contribution is 5.32. The number of rotatable bonds is 4. The number of carbonyl (C=O) groups is 1. The summed E-state index contributed by atoms with van der Waals surface area (Å²) in [6.45, 7) is 3.76. The Hall–Kier alpha value is -0.570. The Balaban J connectivity index is 0. The number of aliphatic hydroxyl groups is 1. The van der Waals surface area contributed by atoms with E-state index in [2.05, 4.69) is 6.92 Å². The normalized spacial score (nSPS) is 11.2. The summed E-state index contributed by atoms with van der Waals surface area (Å²) in [7, 11) is 0. The molecule has 0 aliphatic carbocycles. The third-order valence-corrected chi connectivity index (χ3v) is 1.23. The van der Waals surface area contributed by atoms with Crippen molar-refractivity contribution < 1.29 is 15.0 Å². The fourth-order valence-electron chi connectivity index (χ4n) is 0.690. The molecule has 0 aliphatic heterocycles. The highest BCUT2D eigenvalue weighted by atomic mass is 16.3. The second-order valence-electron chi connectivity index (χ2n) is 2.45. The molecule has 11 heavy (non-hydrogen) atoms. The fourth-order valence-corrected chi connectivity index (χ4v) is 0.690. The van der Waals surface area contributed by atoms with Gasteiger partial charge in [-0.15, -0.1) is 0 Å². The molecule has 0 bridgehead atoms. The van der Waals surface area contributed by atoms with Crippen molar-refractivity contribution in [3.05, 3.63) is 0 Å². The summed E-state index contributed by atoms with van der Waals surface area (Å²) >= 11 is 0. The number of aliphatic hydroxyl groups excluding tert-OH is 1. The Morgan fingerprint density at radius 3 is 2.18 bits per heavy atom. The smallest absolute Gasteiger partial charge is 0.290 e. The van der Waals surface area contributed by atoms with Crippen molar-refractivity contribution in [2.45, 2.75) is 45.6 Å². The largest absolute Gasteiger partial charge is 0.483 e. The summed E-state index contributed by atoms with van der Waals surface area (Å²) in [5.74, 6) is 0. The standard InChI is InChI=1S/C7H16O.CH2O2/c1-3-4-5-6-7(2)8;2-1-3/h7-8H,3-6H2,1-2H3;1H,(H,2,3). The van der Waals surface area contributed by atoms with Crippen molar-refractivity contribution in [1.29, 1.82) is 0 Å². The lowest BCUT2D eigenvalue weighted by Crippen LogP contribution is -1.97. The van der Waals surface area contributed by atoms with Crippen LogP contribution in [0.25, 0.3) is 0 Å². The van der Waals surface area contributed by atoms with Crippen molar-refractivity contribution in [3.63, 3.8) is 0 Å². The van der Waals surface area contributed by atoms with E-state index in [9.17, 15) is 0 Å². The van der Waals surface area contributed by atoms with Gasteiger partial charge in [0.2, 0.25) is 0 Å². The predicted molar refractivity (Wildman–Crippen MR) is 44.5 cm³/mol. The van der Waals surface area contributed by atoms with E-state index >= 15 is 0 Å². The maximum Gasteiger partial charge on any atom is 0.290 e. The number of unbranched alkanes of at least 4 members (excludes halogenated alkanes) is 2. The lowest BCUT2D eigenvalue weighted by Gasteiger charge is -2.00. The van der Waals surface area contributed by atoms with E-state index in [0.717, 1.165) is 6.42 Å². The molecule has 1 unspecified atom stereocenters. The molecular weight excluding hydrogens is 144 g/mol. The van der Waals surface area contributed by atoms with Crippen LogP contribution >= 0.6 is 0 Å². The van der Waals surface area contributed by atoms with E-state index in [4.69, 9.17) is 15.0 Å². The molecule has 0 amide bonds. The molecule has 0 radical (unpaired) electrons. The third-order valence-electron chi connectivity index (χ3n) is 1.23. The van der Waals surface area contributed by atoms with Crippen LogP contribution in [0.3, 0.4) is 0 Å². The Morgan fingerprint density at radius 2 is 1.91 bits per heavy atom. The Labute approximate surface area is 68.0 Å². The molecule has 0 aromatic heterocycles. The number of carboxylic acid groups (broad SMARTS) is 1. The Morgan fingerprint density at radius 1 is 1.45 bits per heavy atom. The molecule has 0 saturated carbocycles. The quantitative estimate of drug-likeness (QED) is 0.488. The highest BCUT2D eigenvalue weighted by Gasteiger charge is 1.92. The van der Waals surface area contributed by atoms with E-state index < -0.39 is 0 Å². The van der Waals surface area contributed by atoms with Crippen LogP contribution in [0.5, 0.6) is 0 Å². The first-order chi connectivity index (χ1) is 5.18. The first kappa shape index (κ1) is 13.1. The van der Waals surface area contributed by atoms with Gasteiger partial charge in [0.1, 0.15) is 0 Å². The molecule has 0 spiro atoms. The molecule has 1 atom stereocenters. The second-order valence-corrected chi connectivity index (χ2v) is 2.45. The van der Waals surface area contributed by atoms with Gasteiger partial charge in [-0.25, -0.2) is 0 Å². The first-order valence-electron chi connectivity index (χ1n) is 3.94. The molecule has 0 aliphatic rings. The van der Waals surface area contributed by atoms with Crippen molar-refractivity contribution in [3.8, 4) is 0 Å². The van der Waals surface area contributed by atoms with Gasteiger partial charge in [0.15, 0.2) is 0 Å². The summed E-state index contributed by atoms with van der Waals surface area (Å²) in [4.78, 5) is 8.36. The van der Waals surface area contributed by atoms with Crippen LogP contribution in [-0.4, -0.2) is 22.8 Å². The van der Waals surface area contributed by atoms with Gasteiger partial charge in [0, 0.05) is 0 Å². The molecule has 0 aromatic carbocycles. The molecule has 0 rings (SSSR count). The van der Waals surface area contributed by atoms with Crippen molar-refractivity contribution in [2.24, 2.45) is 0 Å². The SMILES string of the molecule is CCCCCC(C)O.O=CO. The van der Waals surface area contributed by atoms with Crippen LogP contribution in [0.1, 0.15) is 39.5 Å². The minimum atomic E-state index is -0.250. The maximum atomic E-state index is 8.78. The van der Waals surface area contributed by atoms with Gasteiger partial charge in [-0.1, -0.05) is 26.2 Å². The zero-order chi connectivity index (χ0) is 9.11. The minimum Gasteiger partial charge on any atom is -0.483 e. The molecule has 0 fully saturated rings. The lowest BCUT2D eigenvalue weighted by atomic mass is 10.1. The number of hydrogen-bond donors (Lipinski definition) is 2. The van der Waals surface area contributed by atoms with Gasteiger partial charge in [-0.3, -0.25) is 4.79 Å². The molecule has 3 heteroatoms. The minimum absolute atomic E-state index is 0.0958. The van der Waals surface area contributed by atoms with Gasteiger partial charge in [-0.05, 0) is 13.3 Å². The van der Waals surface area contributed by atoms with Crippen molar-refractivity contribution in [1.82, 2.24) is 0 Å². The average Bonchev–Trinajstić information content (AvgIpc) is 1.89. The summed E-state index contributed by atoms with van der Waals surface area (Å²) in [5.41, 5.74) is 0. The molecule has 0 aromatic rings. The second kappa shape index (κ2) is 12.1. The molecule has 68 valence electrons. The maximum absolute atomic E-state index is 8.78. The zero-order valence-electron chi connectivity index (χ0n) is 7.29. The molecule has 2 N–H and O–H groups in total. The van der Waals surface area contributed by atoms with Gasteiger partial charge in [0.25, 0.3) is 6.47 Å². The van der Waals surface area contributed by atoms with E-state index in [1.807, 2.05) is 6.92 Å². The summed E-state index contributed by atoms with van der Waals surface area (Å²) in [5, 5.41) is 15.7. The van der Waals surface area contributed by atoms with Crippen LogP contribution in [0, 0.1) is 0 Å². The highest BCUT2D eigenvalue weighted by Crippen LogP contribution is 2.01. The Bertz CT molecular complexity index is 71.7. The fraction of sp³-hybridized carbons (Fsp3) is 0.875. The van der Waals surface area contributed by atoms with E-state index in [0.29, 0.717) is 0 Å². The van der Waals surface area contributed by atoms with Crippen molar-refractivity contribution >= 4 is 6.47 Å².